The number of thiophene rings is 1. The van der Waals surface area contributed by atoms with Crippen LogP contribution in [0.4, 0.5) is 0 Å². The van der Waals surface area contributed by atoms with Crippen molar-refractivity contribution < 1.29 is 9.90 Å². The molecule has 0 saturated heterocycles. The molecule has 1 aromatic carbocycles. The number of carboxylic acid groups (broad SMARTS) is 1. The third-order valence-electron chi connectivity index (χ3n) is 4.71. The molecule has 1 aromatic heterocycles. The zero-order chi connectivity index (χ0) is 19.6. The number of alkyl halides is 1. The Morgan fingerprint density at radius 3 is 2.52 bits per heavy atom. The number of carbonyl (C=O) groups is 1. The Kier molecular flexibility index (Phi) is 9.32. The molecule has 148 valence electrons. The second-order valence-corrected chi connectivity index (χ2v) is 9.07. The molecule has 1 aliphatic rings. The smallest absolute Gasteiger partial charge is 0.345 e. The van der Waals surface area contributed by atoms with Crippen LogP contribution in [0.5, 0.6) is 0 Å². The van der Waals surface area contributed by atoms with Gasteiger partial charge in [0.2, 0.25) is 0 Å². The average Bonchev–Trinajstić information content (AvgIpc) is 3.26. The maximum Gasteiger partial charge on any atom is 0.345 e. The summed E-state index contributed by atoms with van der Waals surface area (Å²) in [6.07, 6.45) is 5.75. The number of nitrogens with zero attached hydrogens (tertiary/aromatic N) is 1. The standard InChI is InChI=1S/C14H20ClN.C8H10O2S/c1-16(10-12-5-3-2-4-6-12)11-13-7-8-14(15)9-13;1-2-3-6-4-5-7(11-6)8(9)10/h2-6,13-14H,7-11H2,1H3;4-5H,2-3H2,1H3,(H,9,10)/t13-,14?;/m0./s1. The van der Waals surface area contributed by atoms with Crippen LogP contribution in [0.3, 0.4) is 0 Å². The van der Waals surface area contributed by atoms with Gasteiger partial charge in [0.1, 0.15) is 4.88 Å². The van der Waals surface area contributed by atoms with Gasteiger partial charge in [-0.15, -0.1) is 22.9 Å². The van der Waals surface area contributed by atoms with Crippen LogP contribution >= 0.6 is 22.9 Å². The highest BCUT2D eigenvalue weighted by Gasteiger charge is 2.23. The fraction of sp³-hybridized carbons (Fsp3) is 0.500. The Morgan fingerprint density at radius 1 is 1.22 bits per heavy atom. The number of carboxylic acids is 1. The summed E-state index contributed by atoms with van der Waals surface area (Å²) in [7, 11) is 2.20. The molecule has 1 heterocycles. The number of hydrogen-bond donors (Lipinski definition) is 1. The van der Waals surface area contributed by atoms with Crippen molar-refractivity contribution >= 4 is 28.9 Å². The van der Waals surface area contributed by atoms with E-state index in [4.69, 9.17) is 16.7 Å². The lowest BCUT2D eigenvalue weighted by Crippen LogP contribution is -2.24. The lowest BCUT2D eigenvalue weighted by Gasteiger charge is -2.20. The third kappa shape index (κ3) is 8.04. The molecule has 1 saturated carbocycles. The van der Waals surface area contributed by atoms with Crippen LogP contribution in [0, 0.1) is 5.92 Å². The van der Waals surface area contributed by atoms with Gasteiger partial charge in [-0.2, -0.15) is 0 Å². The van der Waals surface area contributed by atoms with Gasteiger partial charge in [-0.05, 0) is 56.3 Å². The van der Waals surface area contributed by atoms with E-state index in [0.717, 1.165) is 30.2 Å². The van der Waals surface area contributed by atoms with Crippen LogP contribution in [0.2, 0.25) is 0 Å². The topological polar surface area (TPSA) is 40.5 Å². The summed E-state index contributed by atoms with van der Waals surface area (Å²) < 4.78 is 0. The molecule has 27 heavy (non-hydrogen) atoms. The van der Waals surface area contributed by atoms with E-state index in [1.165, 1.54) is 42.7 Å². The van der Waals surface area contributed by atoms with E-state index < -0.39 is 5.97 Å². The zero-order valence-electron chi connectivity index (χ0n) is 16.2. The van der Waals surface area contributed by atoms with Gasteiger partial charge >= 0.3 is 5.97 Å². The van der Waals surface area contributed by atoms with Gasteiger partial charge in [0.25, 0.3) is 0 Å². The Labute approximate surface area is 172 Å². The highest BCUT2D eigenvalue weighted by atomic mass is 35.5. The fourth-order valence-corrected chi connectivity index (χ4v) is 4.78. The van der Waals surface area contributed by atoms with E-state index in [0.29, 0.717) is 10.3 Å². The molecule has 0 aliphatic heterocycles. The van der Waals surface area contributed by atoms with Gasteiger partial charge in [0, 0.05) is 23.3 Å². The summed E-state index contributed by atoms with van der Waals surface area (Å²) in [5, 5.41) is 9.00. The predicted molar refractivity (Wildman–Crippen MR) is 115 cm³/mol. The SMILES string of the molecule is CCCc1ccc(C(=O)O)s1.CN(Cc1ccccc1)C[C@H]1CCC(Cl)C1. The van der Waals surface area contributed by atoms with Crippen molar-refractivity contribution in [2.24, 2.45) is 5.92 Å². The molecule has 1 N–H and O–H groups in total. The molecule has 2 atom stereocenters. The van der Waals surface area contributed by atoms with E-state index in [1.807, 2.05) is 6.07 Å². The van der Waals surface area contributed by atoms with Gasteiger partial charge in [0.05, 0.1) is 0 Å². The molecular formula is C22H30ClNO2S. The van der Waals surface area contributed by atoms with Crippen molar-refractivity contribution in [1.82, 2.24) is 4.90 Å². The van der Waals surface area contributed by atoms with Crippen LogP contribution < -0.4 is 0 Å². The first-order valence-corrected chi connectivity index (χ1v) is 10.9. The second kappa shape index (κ2) is 11.5. The van der Waals surface area contributed by atoms with E-state index in [-0.39, 0.29) is 0 Å². The van der Waals surface area contributed by atoms with Crippen LogP contribution in [-0.2, 0) is 13.0 Å². The van der Waals surface area contributed by atoms with Crippen molar-refractivity contribution in [3.8, 4) is 0 Å². The fourth-order valence-electron chi connectivity index (χ4n) is 3.45. The Balaban J connectivity index is 0.000000208. The van der Waals surface area contributed by atoms with Crippen molar-refractivity contribution in [3.63, 3.8) is 0 Å². The van der Waals surface area contributed by atoms with Crippen LogP contribution in [0.25, 0.3) is 0 Å². The molecule has 1 aliphatic carbocycles. The van der Waals surface area contributed by atoms with Crippen molar-refractivity contribution in [1.29, 1.82) is 0 Å². The summed E-state index contributed by atoms with van der Waals surface area (Å²) in [4.78, 5) is 14.4. The highest BCUT2D eigenvalue weighted by molar-refractivity contribution is 7.13. The minimum Gasteiger partial charge on any atom is -0.477 e. The molecule has 1 fully saturated rings. The Bertz CT molecular complexity index is 689. The maximum absolute atomic E-state index is 10.4. The van der Waals surface area contributed by atoms with E-state index in [9.17, 15) is 4.79 Å². The highest BCUT2D eigenvalue weighted by Crippen LogP contribution is 2.30. The van der Waals surface area contributed by atoms with E-state index in [1.54, 1.807) is 6.07 Å². The number of rotatable bonds is 7. The average molecular weight is 408 g/mol. The molecule has 0 spiro atoms. The summed E-state index contributed by atoms with van der Waals surface area (Å²) in [6.45, 7) is 4.31. The van der Waals surface area contributed by atoms with Gasteiger partial charge < -0.3 is 10.0 Å². The minimum absolute atomic E-state index is 0.426. The first kappa shape index (κ1) is 21.9. The Morgan fingerprint density at radius 2 is 1.96 bits per heavy atom. The normalized spacial score (nSPS) is 19.0. The van der Waals surface area contributed by atoms with E-state index >= 15 is 0 Å². The number of hydrogen-bond acceptors (Lipinski definition) is 3. The monoisotopic (exact) mass is 407 g/mol. The minimum atomic E-state index is -0.822. The molecular weight excluding hydrogens is 378 g/mol. The first-order valence-electron chi connectivity index (χ1n) is 9.66. The Hall–Kier alpha value is -1.36. The molecule has 0 amide bonds. The molecule has 2 aromatic rings. The van der Waals surface area contributed by atoms with Crippen molar-refractivity contribution in [2.75, 3.05) is 13.6 Å². The molecule has 0 bridgehead atoms. The van der Waals surface area contributed by atoms with Crippen molar-refractivity contribution in [3.05, 3.63) is 57.8 Å². The number of aryl methyl sites for hydroxylation is 1. The second-order valence-electron chi connectivity index (χ2n) is 7.28. The molecule has 3 nitrogen and oxygen atoms in total. The lowest BCUT2D eigenvalue weighted by atomic mass is 10.1. The van der Waals surface area contributed by atoms with E-state index in [2.05, 4.69) is 49.2 Å². The predicted octanol–water partition coefficient (Wildman–Crippen LogP) is 5.92. The summed E-state index contributed by atoms with van der Waals surface area (Å²) >= 11 is 7.50. The number of halogens is 1. The first-order chi connectivity index (χ1) is 13.0. The third-order valence-corrected chi connectivity index (χ3v) is 6.24. The van der Waals surface area contributed by atoms with Crippen molar-refractivity contribution in [2.45, 2.75) is 50.9 Å². The summed E-state index contributed by atoms with van der Waals surface area (Å²) in [5.41, 5.74) is 1.39. The number of benzene rings is 1. The summed E-state index contributed by atoms with van der Waals surface area (Å²) in [6, 6.07) is 14.2. The quantitative estimate of drug-likeness (QED) is 0.578. The maximum atomic E-state index is 10.4. The van der Waals surface area contributed by atoms with Gasteiger partial charge in [-0.25, -0.2) is 4.79 Å². The molecule has 0 radical (unpaired) electrons. The van der Waals surface area contributed by atoms with Gasteiger partial charge in [0.15, 0.2) is 0 Å². The van der Waals surface area contributed by atoms with Crippen LogP contribution in [0.1, 0.15) is 52.7 Å². The molecule has 5 heteroatoms. The van der Waals surface area contributed by atoms with Gasteiger partial charge in [-0.3, -0.25) is 0 Å². The lowest BCUT2D eigenvalue weighted by molar-refractivity contribution is 0.0702. The largest absolute Gasteiger partial charge is 0.477 e. The molecule has 3 rings (SSSR count). The zero-order valence-corrected chi connectivity index (χ0v) is 17.8. The van der Waals surface area contributed by atoms with Crippen LogP contribution in [-0.4, -0.2) is 34.9 Å². The molecule has 1 unspecified atom stereocenters. The number of aromatic carboxylic acids is 1. The van der Waals surface area contributed by atoms with Gasteiger partial charge in [-0.1, -0.05) is 43.7 Å². The summed E-state index contributed by atoms with van der Waals surface area (Å²) in [5.74, 6) is -0.0198. The van der Waals surface area contributed by atoms with Crippen LogP contribution in [0.15, 0.2) is 42.5 Å².